The molecule has 0 aromatic heterocycles. The molecule has 0 bridgehead atoms. The molecule has 0 heterocycles. The number of primary amides is 1. The third-order valence-electron chi connectivity index (χ3n) is 3.79. The number of benzene rings is 1. The van der Waals surface area contributed by atoms with Crippen molar-refractivity contribution in [1.82, 2.24) is 0 Å². The third-order valence-corrected chi connectivity index (χ3v) is 3.79. The molecular weight excluding hydrogens is 245 g/mol. The van der Waals surface area contributed by atoms with Crippen LogP contribution in [-0.2, 0) is 0 Å². The Bertz CT molecular complexity index is 490. The van der Waals surface area contributed by atoms with Crippen LogP contribution in [0.1, 0.15) is 36.5 Å². The molecule has 5 heteroatoms. The van der Waals surface area contributed by atoms with E-state index in [1.54, 1.807) is 0 Å². The maximum atomic E-state index is 13.7. The summed E-state index contributed by atoms with van der Waals surface area (Å²) in [6, 6.07) is 2.53. The van der Waals surface area contributed by atoms with Crippen LogP contribution in [0.5, 0.6) is 0 Å². The molecule has 0 saturated heterocycles. The summed E-state index contributed by atoms with van der Waals surface area (Å²) in [6.45, 7) is 2.94. The average molecular weight is 265 g/mol. The Morgan fingerprint density at radius 1 is 1.47 bits per heavy atom. The van der Waals surface area contributed by atoms with Gasteiger partial charge in [0, 0.05) is 12.2 Å². The summed E-state index contributed by atoms with van der Waals surface area (Å²) in [7, 11) is 0. The lowest BCUT2D eigenvalue weighted by atomic mass is 10.1. The highest BCUT2D eigenvalue weighted by molar-refractivity contribution is 5.99. The second-order valence-electron chi connectivity index (χ2n) is 5.45. The topological polar surface area (TPSA) is 81.1 Å². The predicted molar refractivity (Wildman–Crippen MR) is 74.3 cm³/mol. The minimum absolute atomic E-state index is 0.0741. The van der Waals surface area contributed by atoms with Gasteiger partial charge in [-0.1, -0.05) is 13.3 Å². The molecule has 2 rings (SSSR count). The predicted octanol–water partition coefficient (Wildman–Crippen LogP) is 2.35. The number of carbonyl (C=O) groups excluding carboxylic acids is 1. The first-order chi connectivity index (χ1) is 8.97. The molecule has 104 valence electrons. The van der Waals surface area contributed by atoms with E-state index in [2.05, 4.69) is 12.2 Å². The number of nitrogens with two attached hydrogens (primary N) is 2. The van der Waals surface area contributed by atoms with E-state index in [4.69, 9.17) is 11.5 Å². The highest BCUT2D eigenvalue weighted by Gasteiger charge is 2.21. The van der Waals surface area contributed by atoms with E-state index in [1.807, 2.05) is 0 Å². The fraction of sp³-hybridized carbons (Fsp3) is 0.500. The average Bonchev–Trinajstić information content (AvgIpc) is 2.73. The van der Waals surface area contributed by atoms with Crippen molar-refractivity contribution in [2.24, 2.45) is 17.6 Å². The van der Waals surface area contributed by atoms with Gasteiger partial charge in [0.15, 0.2) is 0 Å². The Morgan fingerprint density at radius 3 is 2.79 bits per heavy atom. The molecule has 4 nitrogen and oxygen atoms in total. The first-order valence-electron chi connectivity index (χ1n) is 6.60. The van der Waals surface area contributed by atoms with Gasteiger partial charge in [-0.3, -0.25) is 4.79 Å². The summed E-state index contributed by atoms with van der Waals surface area (Å²) in [4.78, 5) is 11.2. The molecule has 0 aliphatic heterocycles. The maximum Gasteiger partial charge on any atom is 0.250 e. The summed E-state index contributed by atoms with van der Waals surface area (Å²) >= 11 is 0. The van der Waals surface area contributed by atoms with Gasteiger partial charge in [0.2, 0.25) is 0 Å². The first kappa shape index (κ1) is 13.6. The van der Waals surface area contributed by atoms with Crippen LogP contribution in [0, 0.1) is 17.7 Å². The first-order valence-corrected chi connectivity index (χ1v) is 6.60. The molecule has 2 atom stereocenters. The standard InChI is InChI=1S/C14H20FN3O/c1-8-2-3-9(4-8)7-18-13-5-10(14(17)19)12(16)6-11(13)15/h5-6,8-9,18H,2-4,7,16H2,1H3,(H2,17,19). The van der Waals surface area contributed by atoms with Gasteiger partial charge in [0.1, 0.15) is 5.82 Å². The summed E-state index contributed by atoms with van der Waals surface area (Å²) in [5.74, 6) is 0.205. The Morgan fingerprint density at radius 2 is 2.21 bits per heavy atom. The number of anilines is 2. The Hall–Kier alpha value is -1.78. The van der Waals surface area contributed by atoms with Crippen LogP contribution in [-0.4, -0.2) is 12.5 Å². The molecule has 1 amide bonds. The van der Waals surface area contributed by atoms with Crippen molar-refractivity contribution in [3.63, 3.8) is 0 Å². The van der Waals surface area contributed by atoms with Crippen molar-refractivity contribution < 1.29 is 9.18 Å². The van der Waals surface area contributed by atoms with Crippen molar-refractivity contribution in [3.8, 4) is 0 Å². The Balaban J connectivity index is 2.07. The zero-order valence-corrected chi connectivity index (χ0v) is 11.1. The van der Waals surface area contributed by atoms with Gasteiger partial charge in [-0.15, -0.1) is 0 Å². The number of halogens is 1. The Labute approximate surface area is 112 Å². The number of hydrogen-bond acceptors (Lipinski definition) is 3. The van der Waals surface area contributed by atoms with Crippen molar-refractivity contribution in [3.05, 3.63) is 23.5 Å². The number of rotatable bonds is 4. The van der Waals surface area contributed by atoms with Crippen LogP contribution in [0.4, 0.5) is 15.8 Å². The second kappa shape index (κ2) is 5.47. The van der Waals surface area contributed by atoms with Crippen LogP contribution in [0.2, 0.25) is 0 Å². The van der Waals surface area contributed by atoms with Gasteiger partial charge in [0.05, 0.1) is 11.3 Å². The third kappa shape index (κ3) is 3.16. The van der Waals surface area contributed by atoms with E-state index in [9.17, 15) is 9.18 Å². The molecular formula is C14H20FN3O. The molecule has 1 aliphatic rings. The lowest BCUT2D eigenvalue weighted by Gasteiger charge is -2.14. The quantitative estimate of drug-likeness (QED) is 0.731. The monoisotopic (exact) mass is 265 g/mol. The smallest absolute Gasteiger partial charge is 0.250 e. The summed E-state index contributed by atoms with van der Waals surface area (Å²) in [5, 5.41) is 3.06. The molecule has 1 aromatic rings. The normalized spacial score (nSPS) is 22.4. The summed E-state index contributed by atoms with van der Waals surface area (Å²) in [6.07, 6.45) is 3.54. The number of nitrogens with one attached hydrogen (secondary N) is 1. The lowest BCUT2D eigenvalue weighted by molar-refractivity contribution is 0.100. The highest BCUT2D eigenvalue weighted by Crippen LogP contribution is 2.31. The van der Waals surface area contributed by atoms with Crippen molar-refractivity contribution in [2.75, 3.05) is 17.6 Å². The molecule has 1 aromatic carbocycles. The molecule has 1 aliphatic carbocycles. The molecule has 0 spiro atoms. The number of hydrogen-bond donors (Lipinski definition) is 3. The molecule has 0 radical (unpaired) electrons. The van der Waals surface area contributed by atoms with Crippen molar-refractivity contribution in [1.29, 1.82) is 0 Å². The fourth-order valence-corrected chi connectivity index (χ4v) is 2.70. The molecule has 1 fully saturated rings. The van der Waals surface area contributed by atoms with Gasteiger partial charge in [-0.25, -0.2) is 4.39 Å². The van der Waals surface area contributed by atoms with Gasteiger partial charge in [0.25, 0.3) is 5.91 Å². The van der Waals surface area contributed by atoms with Crippen molar-refractivity contribution in [2.45, 2.75) is 26.2 Å². The molecule has 2 unspecified atom stereocenters. The minimum Gasteiger partial charge on any atom is -0.398 e. The molecule has 19 heavy (non-hydrogen) atoms. The van der Waals surface area contributed by atoms with Gasteiger partial charge < -0.3 is 16.8 Å². The van der Waals surface area contributed by atoms with E-state index in [1.165, 1.54) is 12.5 Å². The van der Waals surface area contributed by atoms with Crippen LogP contribution in [0.3, 0.4) is 0 Å². The number of nitrogen functional groups attached to an aromatic ring is 1. The molecule has 5 N–H and O–H groups in total. The fourth-order valence-electron chi connectivity index (χ4n) is 2.70. The zero-order valence-electron chi connectivity index (χ0n) is 11.1. The summed E-state index contributed by atoms with van der Waals surface area (Å²) < 4.78 is 13.7. The van der Waals surface area contributed by atoms with E-state index in [0.29, 0.717) is 18.2 Å². The lowest BCUT2D eigenvalue weighted by Crippen LogP contribution is -2.16. The van der Waals surface area contributed by atoms with Gasteiger partial charge in [-0.2, -0.15) is 0 Å². The van der Waals surface area contributed by atoms with E-state index >= 15 is 0 Å². The van der Waals surface area contributed by atoms with E-state index < -0.39 is 11.7 Å². The minimum atomic E-state index is -0.643. The maximum absolute atomic E-state index is 13.7. The van der Waals surface area contributed by atoms with E-state index in [0.717, 1.165) is 24.8 Å². The van der Waals surface area contributed by atoms with Crippen LogP contribution < -0.4 is 16.8 Å². The van der Waals surface area contributed by atoms with Gasteiger partial charge >= 0.3 is 0 Å². The SMILES string of the molecule is CC1CCC(CNc2cc(C(N)=O)c(N)cc2F)C1. The van der Waals surface area contributed by atoms with Crippen LogP contribution >= 0.6 is 0 Å². The highest BCUT2D eigenvalue weighted by atomic mass is 19.1. The molecule has 1 saturated carbocycles. The number of amides is 1. The summed E-state index contributed by atoms with van der Waals surface area (Å²) in [5.41, 5.74) is 11.3. The van der Waals surface area contributed by atoms with Crippen molar-refractivity contribution >= 4 is 17.3 Å². The zero-order chi connectivity index (χ0) is 14.0. The van der Waals surface area contributed by atoms with Gasteiger partial charge in [-0.05, 0) is 36.8 Å². The van der Waals surface area contributed by atoms with E-state index in [-0.39, 0.29) is 11.3 Å². The Kier molecular flexibility index (Phi) is 3.93. The number of carbonyl (C=O) groups is 1. The van der Waals surface area contributed by atoms with Crippen LogP contribution in [0.15, 0.2) is 12.1 Å². The largest absolute Gasteiger partial charge is 0.398 e. The van der Waals surface area contributed by atoms with Crippen LogP contribution in [0.25, 0.3) is 0 Å². The second-order valence-corrected chi connectivity index (χ2v) is 5.45.